The number of aliphatic hydroxyl groups excluding tert-OH is 2. The van der Waals surface area contributed by atoms with Gasteiger partial charge in [-0.05, 0) is 0 Å². The summed E-state index contributed by atoms with van der Waals surface area (Å²) in [5.74, 6) is 0.379. The number of ether oxygens (including phenoxy) is 1. The first-order chi connectivity index (χ1) is 19.1. The van der Waals surface area contributed by atoms with Gasteiger partial charge in [0.25, 0.3) is 5.56 Å². The number of hydrogen-bond acceptors (Lipinski definition) is 13. The molecule has 1 aromatic carbocycles. The minimum atomic E-state index is -5.79. The summed E-state index contributed by atoms with van der Waals surface area (Å²) in [6.07, 6.45) is -4.63. The Kier molecular flexibility index (Phi) is 9.13. The van der Waals surface area contributed by atoms with Crippen molar-refractivity contribution in [2.75, 3.05) is 6.61 Å². The van der Waals surface area contributed by atoms with Crippen molar-refractivity contribution in [1.29, 1.82) is 0 Å². The van der Waals surface area contributed by atoms with Gasteiger partial charge in [-0.3, -0.25) is 18.5 Å². The molecule has 3 unspecified atom stereocenters. The van der Waals surface area contributed by atoms with Gasteiger partial charge in [-0.1, -0.05) is 30.3 Å². The van der Waals surface area contributed by atoms with Crippen molar-refractivity contribution in [3.63, 3.8) is 0 Å². The molecule has 1 saturated heterocycles. The van der Waals surface area contributed by atoms with Crippen LogP contribution in [0.1, 0.15) is 12.1 Å². The molecule has 224 valence electrons. The van der Waals surface area contributed by atoms with Crippen molar-refractivity contribution in [3.8, 4) is 11.3 Å². The number of oxazole rings is 1. The van der Waals surface area contributed by atoms with Crippen molar-refractivity contribution < 1.29 is 65.8 Å². The van der Waals surface area contributed by atoms with Gasteiger partial charge in [-0.15, -0.1) is 0 Å². The third-order valence-electron chi connectivity index (χ3n) is 5.43. The number of hydrogen-bond donors (Lipinski definition) is 6. The van der Waals surface area contributed by atoms with E-state index in [2.05, 4.69) is 18.1 Å². The van der Waals surface area contributed by atoms with E-state index in [9.17, 15) is 43.3 Å². The highest BCUT2D eigenvalue weighted by Crippen LogP contribution is 2.66. The van der Waals surface area contributed by atoms with Crippen molar-refractivity contribution in [1.82, 2.24) is 14.1 Å². The Bertz CT molecular complexity index is 1650. The standard InChI is InChI=1S/C19H22N3O16P3/c23-15-6-7-21(19(26)22(15)9-14-20-8-12(35-14)11-4-2-1-3-5-11)18-17(25)16(24)13(36-18)10-34-40(30,31)38-41(32,33)37-39(27,28)29/h1-8,13,16-18,24-25H,9-10H2,(H,30,31)(H,32,33)(H2,27,28,29)/t13-,16+,17?,18-/m1/s1. The Morgan fingerprint density at radius 2 is 1.61 bits per heavy atom. The lowest BCUT2D eigenvalue weighted by molar-refractivity contribution is -0.0547. The van der Waals surface area contributed by atoms with E-state index in [4.69, 9.17) is 18.9 Å². The maximum atomic E-state index is 13.1. The first kappa shape index (κ1) is 31.3. The van der Waals surface area contributed by atoms with Gasteiger partial charge in [0.15, 0.2) is 12.0 Å². The molecule has 0 radical (unpaired) electrons. The van der Waals surface area contributed by atoms with Gasteiger partial charge < -0.3 is 38.9 Å². The van der Waals surface area contributed by atoms with Crippen molar-refractivity contribution in [2.45, 2.75) is 31.1 Å². The molecular formula is C19H22N3O16P3. The van der Waals surface area contributed by atoms with E-state index in [0.29, 0.717) is 15.9 Å². The van der Waals surface area contributed by atoms with Crippen LogP contribution < -0.4 is 11.2 Å². The van der Waals surface area contributed by atoms with Crippen molar-refractivity contribution in [2.24, 2.45) is 0 Å². The minimum Gasteiger partial charge on any atom is -0.439 e. The Labute approximate surface area is 228 Å². The van der Waals surface area contributed by atoms with Crippen LogP contribution in [0, 0.1) is 0 Å². The molecule has 19 nitrogen and oxygen atoms in total. The number of benzene rings is 1. The second-order valence-corrected chi connectivity index (χ2v) is 12.8. The van der Waals surface area contributed by atoms with Gasteiger partial charge in [0.1, 0.15) is 24.9 Å². The largest absolute Gasteiger partial charge is 0.490 e. The lowest BCUT2D eigenvalue weighted by Crippen LogP contribution is -2.43. The molecule has 3 heterocycles. The quantitative estimate of drug-likeness (QED) is 0.146. The van der Waals surface area contributed by atoms with E-state index in [1.165, 1.54) is 6.20 Å². The predicted octanol–water partition coefficient (Wildman–Crippen LogP) is -0.324. The molecule has 0 amide bonds. The molecule has 3 aromatic rings. The molecule has 41 heavy (non-hydrogen) atoms. The van der Waals surface area contributed by atoms with Crippen LogP contribution in [0.5, 0.6) is 0 Å². The van der Waals surface area contributed by atoms with Crippen molar-refractivity contribution >= 4 is 23.5 Å². The summed E-state index contributed by atoms with van der Waals surface area (Å²) in [6, 6.07) is 9.83. The predicted molar refractivity (Wildman–Crippen MR) is 132 cm³/mol. The Morgan fingerprint density at radius 1 is 0.927 bits per heavy atom. The highest BCUT2D eigenvalue weighted by atomic mass is 31.3. The fourth-order valence-corrected chi connectivity index (χ4v) is 6.72. The van der Waals surface area contributed by atoms with Crippen LogP contribution in [0.3, 0.4) is 0 Å². The minimum absolute atomic E-state index is 0.00241. The van der Waals surface area contributed by atoms with E-state index in [1.54, 1.807) is 30.3 Å². The second kappa shape index (κ2) is 11.9. The SMILES string of the molecule is O=c1ccn([C@@H]2O[C@H](COP(=O)(O)OP(=O)(O)OP(=O)(O)O)[C@H](O)C2O)c(=O)n1Cc1ncc(-c2ccccc2)o1. The van der Waals surface area contributed by atoms with Crippen LogP contribution in [-0.4, -0.2) is 68.8 Å². The molecule has 6 atom stereocenters. The van der Waals surface area contributed by atoms with Crippen LogP contribution in [0.2, 0.25) is 0 Å². The highest BCUT2D eigenvalue weighted by Gasteiger charge is 2.47. The number of aliphatic hydroxyl groups is 2. The molecule has 6 N–H and O–H groups in total. The summed E-state index contributed by atoms with van der Waals surface area (Å²) in [6.45, 7) is -1.50. The summed E-state index contributed by atoms with van der Waals surface area (Å²) in [4.78, 5) is 65.6. The molecular weight excluding hydrogens is 619 g/mol. The summed E-state index contributed by atoms with van der Waals surface area (Å²) in [5, 5.41) is 20.8. The molecule has 1 aliphatic heterocycles. The van der Waals surface area contributed by atoms with E-state index in [0.717, 1.165) is 16.8 Å². The monoisotopic (exact) mass is 641 g/mol. The molecule has 0 spiro atoms. The first-order valence-corrected chi connectivity index (χ1v) is 15.7. The maximum absolute atomic E-state index is 13.1. The summed E-state index contributed by atoms with van der Waals surface area (Å²) in [7, 11) is -17.0. The smallest absolute Gasteiger partial charge is 0.439 e. The number of aromatic nitrogens is 3. The average Bonchev–Trinajstić information content (AvgIpc) is 3.44. The molecule has 1 aliphatic rings. The van der Waals surface area contributed by atoms with Crippen molar-refractivity contribution in [3.05, 3.63) is 75.5 Å². The lowest BCUT2D eigenvalue weighted by atomic mass is 10.1. The van der Waals surface area contributed by atoms with Gasteiger partial charge in [0, 0.05) is 17.8 Å². The summed E-state index contributed by atoms with van der Waals surface area (Å²) >= 11 is 0. The fourth-order valence-electron chi connectivity index (χ4n) is 3.69. The van der Waals surface area contributed by atoms with Gasteiger partial charge in [-0.25, -0.2) is 23.5 Å². The van der Waals surface area contributed by atoms with Crippen LogP contribution in [0.15, 0.2) is 62.8 Å². The molecule has 2 aromatic heterocycles. The van der Waals surface area contributed by atoms with E-state index >= 15 is 0 Å². The normalized spacial score (nSPS) is 24.1. The van der Waals surface area contributed by atoms with Gasteiger partial charge >= 0.3 is 29.2 Å². The molecule has 0 aliphatic carbocycles. The molecule has 0 saturated carbocycles. The average molecular weight is 641 g/mol. The Morgan fingerprint density at radius 3 is 2.27 bits per heavy atom. The third-order valence-corrected chi connectivity index (χ3v) is 9.23. The van der Waals surface area contributed by atoms with Crippen LogP contribution in [-0.2, 0) is 38.1 Å². The molecule has 4 rings (SSSR count). The third kappa shape index (κ3) is 7.82. The van der Waals surface area contributed by atoms with Crippen LogP contribution >= 0.6 is 23.5 Å². The van der Waals surface area contributed by atoms with Gasteiger partial charge in [-0.2, -0.15) is 8.62 Å². The zero-order chi connectivity index (χ0) is 30.2. The van der Waals surface area contributed by atoms with Gasteiger partial charge in [0.2, 0.25) is 5.89 Å². The maximum Gasteiger partial charge on any atom is 0.490 e. The number of phosphoric ester groups is 1. The van der Waals surface area contributed by atoms with E-state index in [1.807, 2.05) is 0 Å². The Hall–Kier alpha value is -2.60. The topological polar surface area (TPSA) is 280 Å². The fraction of sp³-hybridized carbons (Fsp3) is 0.316. The molecule has 22 heteroatoms. The van der Waals surface area contributed by atoms with Crippen LogP contribution in [0.4, 0.5) is 0 Å². The van der Waals surface area contributed by atoms with E-state index < -0.39 is 72.4 Å². The van der Waals surface area contributed by atoms with Crippen LogP contribution in [0.25, 0.3) is 11.3 Å². The number of phosphoric acid groups is 3. The lowest BCUT2D eigenvalue weighted by Gasteiger charge is -2.19. The number of rotatable bonds is 11. The summed E-state index contributed by atoms with van der Waals surface area (Å²) in [5.41, 5.74) is -1.08. The second-order valence-electron chi connectivity index (χ2n) is 8.35. The zero-order valence-corrected chi connectivity index (χ0v) is 23.0. The first-order valence-electron chi connectivity index (χ1n) is 11.2. The van der Waals surface area contributed by atoms with E-state index in [-0.39, 0.29) is 5.89 Å². The Balaban J connectivity index is 1.48. The van der Waals surface area contributed by atoms with Gasteiger partial charge in [0.05, 0.1) is 12.8 Å². The highest BCUT2D eigenvalue weighted by molar-refractivity contribution is 7.66. The molecule has 1 fully saturated rings. The molecule has 0 bridgehead atoms. The zero-order valence-electron chi connectivity index (χ0n) is 20.3. The number of nitrogens with zero attached hydrogens (tertiary/aromatic N) is 3. The summed E-state index contributed by atoms with van der Waals surface area (Å²) < 4.78 is 58.2.